The van der Waals surface area contributed by atoms with Crippen LogP contribution in [-0.2, 0) is 4.74 Å². The van der Waals surface area contributed by atoms with Crippen LogP contribution < -0.4 is 4.90 Å². The van der Waals surface area contributed by atoms with Crippen molar-refractivity contribution < 1.29 is 19.1 Å². The van der Waals surface area contributed by atoms with Crippen molar-refractivity contribution in [2.24, 2.45) is 0 Å². The van der Waals surface area contributed by atoms with E-state index in [0.717, 1.165) is 0 Å². The van der Waals surface area contributed by atoms with Crippen LogP contribution in [0, 0.1) is 0 Å². The van der Waals surface area contributed by atoms with Gasteiger partial charge in [0, 0.05) is 13.1 Å². The maximum Gasteiger partial charge on any atom is 0.360 e. The molecule has 1 unspecified atom stereocenters. The van der Waals surface area contributed by atoms with Crippen molar-refractivity contribution in [3.63, 3.8) is 0 Å². The molecule has 0 spiro atoms. The quantitative estimate of drug-likeness (QED) is 0.753. The highest BCUT2D eigenvalue weighted by Crippen LogP contribution is 2.19. The van der Waals surface area contributed by atoms with Gasteiger partial charge in [0.25, 0.3) is 6.01 Å². The number of aliphatic hydroxyl groups is 1. The van der Waals surface area contributed by atoms with Gasteiger partial charge < -0.3 is 19.2 Å². The van der Waals surface area contributed by atoms with Gasteiger partial charge in [0.05, 0.1) is 12.7 Å². The lowest BCUT2D eigenvalue weighted by Crippen LogP contribution is -2.21. The van der Waals surface area contributed by atoms with Crippen molar-refractivity contribution in [2.75, 3.05) is 24.6 Å². The van der Waals surface area contributed by atoms with Crippen LogP contribution in [0.2, 0.25) is 0 Å². The highest BCUT2D eigenvalue weighted by molar-refractivity contribution is 5.87. The zero-order chi connectivity index (χ0) is 11.5. The summed E-state index contributed by atoms with van der Waals surface area (Å²) in [5.74, 6) is -0.489. The molecule has 6 nitrogen and oxygen atoms in total. The lowest BCUT2D eigenvalue weighted by Gasteiger charge is -2.10. The smallest absolute Gasteiger partial charge is 0.360 e. The molecule has 1 saturated heterocycles. The maximum atomic E-state index is 11.3. The largest absolute Gasteiger partial charge is 0.461 e. The van der Waals surface area contributed by atoms with E-state index in [1.54, 1.807) is 11.8 Å². The average molecular weight is 226 g/mol. The van der Waals surface area contributed by atoms with Crippen LogP contribution in [0.15, 0.2) is 10.7 Å². The second-order valence-electron chi connectivity index (χ2n) is 3.62. The number of nitrogens with zero attached hydrogens (tertiary/aromatic N) is 2. The molecule has 1 aliphatic rings. The van der Waals surface area contributed by atoms with E-state index in [2.05, 4.69) is 4.98 Å². The first-order chi connectivity index (χ1) is 7.70. The third kappa shape index (κ3) is 2.16. The number of hydrogen-bond donors (Lipinski definition) is 1. The molecule has 0 radical (unpaired) electrons. The van der Waals surface area contributed by atoms with Gasteiger partial charge in [0.1, 0.15) is 6.26 Å². The third-order valence-electron chi connectivity index (χ3n) is 2.41. The molecule has 1 aromatic rings. The molecule has 2 heterocycles. The molecule has 1 aliphatic heterocycles. The number of oxazole rings is 1. The number of esters is 1. The zero-order valence-electron chi connectivity index (χ0n) is 9.05. The summed E-state index contributed by atoms with van der Waals surface area (Å²) in [6.45, 7) is 3.21. The Hall–Kier alpha value is -1.56. The number of β-amino-alcohol motifs (C(OH)–C–C–N with tert-alkyl or cyclic N) is 1. The summed E-state index contributed by atoms with van der Waals surface area (Å²) in [4.78, 5) is 17.1. The fourth-order valence-electron chi connectivity index (χ4n) is 1.62. The minimum atomic E-state index is -0.489. The number of carbonyl (C=O) groups is 1. The summed E-state index contributed by atoms with van der Waals surface area (Å²) < 4.78 is 9.96. The fraction of sp³-hybridized carbons (Fsp3) is 0.600. The van der Waals surface area contributed by atoms with Crippen LogP contribution in [0.4, 0.5) is 6.01 Å². The number of anilines is 1. The van der Waals surface area contributed by atoms with Gasteiger partial charge in [-0.3, -0.25) is 0 Å². The molecule has 1 aromatic heterocycles. The van der Waals surface area contributed by atoms with Gasteiger partial charge in [-0.15, -0.1) is 0 Å². The number of aromatic nitrogens is 1. The number of aliphatic hydroxyl groups excluding tert-OH is 1. The number of hydrogen-bond acceptors (Lipinski definition) is 6. The summed E-state index contributed by atoms with van der Waals surface area (Å²) in [5.41, 5.74) is 0.165. The van der Waals surface area contributed by atoms with Crippen molar-refractivity contribution in [1.29, 1.82) is 0 Å². The van der Waals surface area contributed by atoms with Gasteiger partial charge in [-0.2, -0.15) is 4.98 Å². The van der Waals surface area contributed by atoms with Crippen LogP contribution in [0.25, 0.3) is 0 Å². The lowest BCUT2D eigenvalue weighted by atomic mass is 10.3. The fourth-order valence-corrected chi connectivity index (χ4v) is 1.62. The molecule has 16 heavy (non-hydrogen) atoms. The Morgan fingerprint density at radius 3 is 3.25 bits per heavy atom. The van der Waals surface area contributed by atoms with Gasteiger partial charge in [0.15, 0.2) is 5.69 Å². The lowest BCUT2D eigenvalue weighted by molar-refractivity contribution is 0.0519. The standard InChI is InChI=1S/C10H14N2O4/c1-2-15-9(14)8-6-16-10(11-8)12-4-3-7(13)5-12/h6-7,13H,2-5H2,1H3. The van der Waals surface area contributed by atoms with Crippen LogP contribution in [-0.4, -0.2) is 41.9 Å². The van der Waals surface area contributed by atoms with E-state index in [9.17, 15) is 9.90 Å². The van der Waals surface area contributed by atoms with E-state index >= 15 is 0 Å². The zero-order valence-corrected chi connectivity index (χ0v) is 9.05. The first-order valence-corrected chi connectivity index (χ1v) is 5.26. The Bertz CT molecular complexity index is 377. The van der Waals surface area contributed by atoms with Crippen molar-refractivity contribution >= 4 is 12.0 Å². The molecule has 88 valence electrons. The van der Waals surface area contributed by atoms with Crippen molar-refractivity contribution in [3.05, 3.63) is 12.0 Å². The Morgan fingerprint density at radius 1 is 1.81 bits per heavy atom. The van der Waals surface area contributed by atoms with Crippen LogP contribution in [0.1, 0.15) is 23.8 Å². The molecule has 0 aromatic carbocycles. The molecule has 0 saturated carbocycles. The van der Waals surface area contributed by atoms with Crippen LogP contribution >= 0.6 is 0 Å². The van der Waals surface area contributed by atoms with E-state index in [-0.39, 0.29) is 11.8 Å². The van der Waals surface area contributed by atoms with E-state index in [1.165, 1.54) is 6.26 Å². The molecule has 0 bridgehead atoms. The predicted molar refractivity (Wildman–Crippen MR) is 55.3 cm³/mol. The second-order valence-corrected chi connectivity index (χ2v) is 3.62. The summed E-state index contributed by atoms with van der Waals surface area (Å²) in [6.07, 6.45) is 1.62. The van der Waals surface area contributed by atoms with Crippen LogP contribution in [0.3, 0.4) is 0 Å². The van der Waals surface area contributed by atoms with Crippen molar-refractivity contribution in [3.8, 4) is 0 Å². The molecule has 1 N–H and O–H groups in total. The minimum Gasteiger partial charge on any atom is -0.461 e. The first kappa shape index (κ1) is 10.9. The van der Waals surface area contributed by atoms with Gasteiger partial charge >= 0.3 is 5.97 Å². The number of ether oxygens (including phenoxy) is 1. The Balaban J connectivity index is 2.04. The van der Waals surface area contributed by atoms with E-state index < -0.39 is 5.97 Å². The molecule has 1 fully saturated rings. The van der Waals surface area contributed by atoms with Crippen LogP contribution in [0.5, 0.6) is 0 Å². The first-order valence-electron chi connectivity index (χ1n) is 5.26. The van der Waals surface area contributed by atoms with Gasteiger partial charge in [-0.05, 0) is 13.3 Å². The third-order valence-corrected chi connectivity index (χ3v) is 2.41. The van der Waals surface area contributed by atoms with E-state index in [1.807, 2.05) is 0 Å². The monoisotopic (exact) mass is 226 g/mol. The molecule has 0 aliphatic carbocycles. The normalized spacial score (nSPS) is 20.1. The highest BCUT2D eigenvalue weighted by Gasteiger charge is 2.25. The average Bonchev–Trinajstić information content (AvgIpc) is 2.85. The molecular weight excluding hydrogens is 212 g/mol. The molecule has 6 heteroatoms. The Labute approximate surface area is 92.8 Å². The molecular formula is C10H14N2O4. The van der Waals surface area contributed by atoms with Gasteiger partial charge in [0.2, 0.25) is 0 Å². The Kier molecular flexibility index (Phi) is 3.09. The molecule has 2 rings (SSSR count). The molecule has 0 amide bonds. The Morgan fingerprint density at radius 2 is 2.62 bits per heavy atom. The van der Waals surface area contributed by atoms with Gasteiger partial charge in [-0.1, -0.05) is 0 Å². The summed E-state index contributed by atoms with van der Waals surface area (Å²) >= 11 is 0. The highest BCUT2D eigenvalue weighted by atomic mass is 16.5. The van der Waals surface area contributed by atoms with Crippen molar-refractivity contribution in [2.45, 2.75) is 19.4 Å². The number of carbonyl (C=O) groups excluding carboxylic acids is 1. The summed E-state index contributed by atoms with van der Waals surface area (Å²) in [6, 6.07) is 0.361. The predicted octanol–water partition coefficient (Wildman–Crippen LogP) is 0.422. The maximum absolute atomic E-state index is 11.3. The SMILES string of the molecule is CCOC(=O)c1coc(N2CCC(O)C2)n1. The van der Waals surface area contributed by atoms with Gasteiger partial charge in [-0.25, -0.2) is 4.79 Å². The summed E-state index contributed by atoms with van der Waals surface area (Å²) in [5, 5.41) is 9.36. The minimum absolute atomic E-state index is 0.165. The van der Waals surface area contributed by atoms with Crippen molar-refractivity contribution in [1.82, 2.24) is 4.98 Å². The molecule has 1 atom stereocenters. The van der Waals surface area contributed by atoms with E-state index in [0.29, 0.717) is 32.1 Å². The van der Waals surface area contributed by atoms with E-state index in [4.69, 9.17) is 9.15 Å². The summed E-state index contributed by atoms with van der Waals surface area (Å²) in [7, 11) is 0. The number of rotatable bonds is 3. The second kappa shape index (κ2) is 4.52. The topological polar surface area (TPSA) is 75.8 Å².